The number of nitrogens with zero attached hydrogens (tertiary/aromatic N) is 4. The van der Waals surface area contributed by atoms with Crippen LogP contribution >= 0.6 is 0 Å². The Kier molecular flexibility index (Phi) is 5.89. The molecule has 0 fully saturated rings. The summed E-state index contributed by atoms with van der Waals surface area (Å²) in [5.74, 6) is -1.70. The number of carbonyl (C=O) groups is 1. The van der Waals surface area contributed by atoms with Gasteiger partial charge in [0.1, 0.15) is 16.5 Å². The number of allylic oxidation sites excluding steroid dienone is 4. The largest absolute Gasteiger partial charge is 0.481 e. The first-order valence-corrected chi connectivity index (χ1v) is 11.7. The van der Waals surface area contributed by atoms with E-state index in [0.717, 1.165) is 12.3 Å². The van der Waals surface area contributed by atoms with Crippen LogP contribution in [0, 0.1) is 11.3 Å². The summed E-state index contributed by atoms with van der Waals surface area (Å²) in [6.07, 6.45) is 1.86. The second-order valence-electron chi connectivity index (χ2n) is 7.73. The third-order valence-electron chi connectivity index (χ3n) is 5.58. The molecule has 0 saturated carbocycles. The van der Waals surface area contributed by atoms with Gasteiger partial charge in [-0.2, -0.15) is 5.26 Å². The molecule has 0 spiro atoms. The Labute approximate surface area is 195 Å². The summed E-state index contributed by atoms with van der Waals surface area (Å²) in [7, 11) is -2.65. The van der Waals surface area contributed by atoms with E-state index in [0.29, 0.717) is 28.5 Å². The smallest absolute Gasteiger partial charge is 0.307 e. The molecule has 1 N–H and O–H groups in total. The van der Waals surface area contributed by atoms with E-state index in [9.17, 15) is 22.7 Å². The summed E-state index contributed by atoms with van der Waals surface area (Å²) < 4.78 is 41.9. The standard InChI is InChI=1S/C24H19FN4O4S/c1-14-18(11-22(30)31)23-20(28-14)8-7-19(25)24(23)34(32,33)17-6-9-21(27-13-17)29(2)16-5-3-4-15(10-16)12-26/h3-7,9-10,13H,8,11H2,1-2H3,(H,30,31). The molecule has 1 aromatic carbocycles. The van der Waals surface area contributed by atoms with E-state index in [1.54, 1.807) is 43.1 Å². The number of nitriles is 1. The van der Waals surface area contributed by atoms with Crippen LogP contribution in [0.5, 0.6) is 0 Å². The van der Waals surface area contributed by atoms with Crippen molar-refractivity contribution >= 4 is 33.0 Å². The average molecular weight is 479 g/mol. The number of hydrogen-bond donors (Lipinski definition) is 1. The van der Waals surface area contributed by atoms with Gasteiger partial charge in [-0.25, -0.2) is 17.8 Å². The summed E-state index contributed by atoms with van der Waals surface area (Å²) in [6, 6.07) is 11.7. The van der Waals surface area contributed by atoms with Crippen molar-refractivity contribution in [1.82, 2.24) is 4.98 Å². The van der Waals surface area contributed by atoms with Crippen LogP contribution in [0.15, 0.2) is 86.1 Å². The van der Waals surface area contributed by atoms with Gasteiger partial charge < -0.3 is 10.0 Å². The molecule has 0 saturated heterocycles. The molecule has 1 aromatic heterocycles. The van der Waals surface area contributed by atoms with Crippen molar-refractivity contribution < 1.29 is 22.7 Å². The number of sulfone groups is 1. The average Bonchev–Trinajstić information content (AvgIpc) is 3.12. The predicted octanol–water partition coefficient (Wildman–Crippen LogP) is 4.21. The fraction of sp³-hybridized carbons (Fsp3) is 0.167. The van der Waals surface area contributed by atoms with Gasteiger partial charge in [0.15, 0.2) is 0 Å². The molecule has 2 aliphatic rings. The van der Waals surface area contributed by atoms with Crippen LogP contribution in [0.1, 0.15) is 25.3 Å². The minimum Gasteiger partial charge on any atom is -0.481 e. The second-order valence-corrected chi connectivity index (χ2v) is 9.62. The Bertz CT molecular complexity index is 1480. The molecule has 2 aromatic rings. The zero-order chi connectivity index (χ0) is 24.6. The number of carboxylic acids is 1. The second kappa shape index (κ2) is 8.68. The third-order valence-corrected chi connectivity index (χ3v) is 7.38. The maximum atomic E-state index is 14.9. The van der Waals surface area contributed by atoms with Crippen molar-refractivity contribution in [2.24, 2.45) is 4.99 Å². The van der Waals surface area contributed by atoms with Crippen LogP contribution in [0.3, 0.4) is 0 Å². The first-order valence-electron chi connectivity index (χ1n) is 10.2. The molecule has 0 unspecified atom stereocenters. The molecule has 1 aliphatic heterocycles. The maximum Gasteiger partial charge on any atom is 0.307 e. The van der Waals surface area contributed by atoms with Gasteiger partial charge in [-0.05, 0) is 48.9 Å². The van der Waals surface area contributed by atoms with Crippen LogP contribution in [-0.2, 0) is 14.6 Å². The van der Waals surface area contributed by atoms with Gasteiger partial charge in [-0.3, -0.25) is 9.79 Å². The first-order chi connectivity index (χ1) is 16.1. The number of pyridine rings is 1. The van der Waals surface area contributed by atoms with E-state index >= 15 is 0 Å². The van der Waals surface area contributed by atoms with Crippen LogP contribution in [0.2, 0.25) is 0 Å². The Morgan fingerprint density at radius 1 is 1.29 bits per heavy atom. The lowest BCUT2D eigenvalue weighted by atomic mass is 9.94. The zero-order valence-electron chi connectivity index (χ0n) is 18.3. The van der Waals surface area contributed by atoms with Gasteiger partial charge in [-0.1, -0.05) is 6.07 Å². The van der Waals surface area contributed by atoms with Crippen molar-refractivity contribution in [3.63, 3.8) is 0 Å². The monoisotopic (exact) mass is 478 g/mol. The quantitative estimate of drug-likeness (QED) is 0.659. The summed E-state index contributed by atoms with van der Waals surface area (Å²) >= 11 is 0. The van der Waals surface area contributed by atoms with E-state index in [2.05, 4.69) is 16.0 Å². The fourth-order valence-electron chi connectivity index (χ4n) is 3.89. The molecule has 0 bridgehead atoms. The van der Waals surface area contributed by atoms with Gasteiger partial charge in [0.25, 0.3) is 0 Å². The van der Waals surface area contributed by atoms with Crippen molar-refractivity contribution in [3.05, 3.63) is 81.8 Å². The number of carboxylic acid groups (broad SMARTS) is 1. The molecule has 4 rings (SSSR count). The molecule has 34 heavy (non-hydrogen) atoms. The lowest BCUT2D eigenvalue weighted by Crippen LogP contribution is -2.18. The predicted molar refractivity (Wildman–Crippen MR) is 124 cm³/mol. The van der Waals surface area contributed by atoms with Crippen molar-refractivity contribution in [1.29, 1.82) is 5.26 Å². The van der Waals surface area contributed by atoms with Crippen LogP contribution in [0.25, 0.3) is 0 Å². The molecule has 0 atom stereocenters. The minimum atomic E-state index is -4.37. The van der Waals surface area contributed by atoms with Crippen molar-refractivity contribution in [2.75, 3.05) is 11.9 Å². The van der Waals surface area contributed by atoms with Gasteiger partial charge >= 0.3 is 5.97 Å². The molecule has 10 heteroatoms. The molecule has 0 amide bonds. The van der Waals surface area contributed by atoms with Crippen molar-refractivity contribution in [3.8, 4) is 6.07 Å². The first kappa shape index (κ1) is 23.1. The summed E-state index contributed by atoms with van der Waals surface area (Å²) in [5.41, 5.74) is 2.04. The highest BCUT2D eigenvalue weighted by Gasteiger charge is 2.37. The molecular weight excluding hydrogens is 459 g/mol. The van der Waals surface area contributed by atoms with Gasteiger partial charge in [0, 0.05) is 36.6 Å². The minimum absolute atomic E-state index is 0.0226. The normalized spacial score (nSPS) is 15.5. The fourth-order valence-corrected chi connectivity index (χ4v) is 5.41. The third kappa shape index (κ3) is 4.02. The number of aromatic nitrogens is 1. The number of aliphatic imine (C=N–C) groups is 1. The highest BCUT2D eigenvalue weighted by molar-refractivity contribution is 7.95. The molecule has 1 aliphatic carbocycles. The number of fused-ring (bicyclic) bond motifs is 1. The number of benzene rings is 1. The number of halogens is 1. The van der Waals surface area contributed by atoms with Gasteiger partial charge in [0.05, 0.1) is 28.7 Å². The molecule has 8 nitrogen and oxygen atoms in total. The van der Waals surface area contributed by atoms with Crippen LogP contribution in [-0.4, -0.2) is 37.2 Å². The Hall–Kier alpha value is -4.10. The molecule has 0 radical (unpaired) electrons. The Morgan fingerprint density at radius 3 is 2.71 bits per heavy atom. The molecular formula is C24H19FN4O4S. The summed E-state index contributed by atoms with van der Waals surface area (Å²) in [5, 5.41) is 18.4. The number of rotatable bonds is 6. The van der Waals surface area contributed by atoms with E-state index in [4.69, 9.17) is 5.26 Å². The molecule has 2 heterocycles. The highest BCUT2D eigenvalue weighted by Crippen LogP contribution is 2.41. The Balaban J connectivity index is 1.75. The van der Waals surface area contributed by atoms with E-state index in [1.165, 1.54) is 12.1 Å². The number of hydrogen-bond acceptors (Lipinski definition) is 7. The maximum absolute atomic E-state index is 14.9. The summed E-state index contributed by atoms with van der Waals surface area (Å²) in [4.78, 5) is 20.7. The Morgan fingerprint density at radius 2 is 2.06 bits per heavy atom. The van der Waals surface area contributed by atoms with Crippen LogP contribution in [0.4, 0.5) is 15.9 Å². The summed E-state index contributed by atoms with van der Waals surface area (Å²) in [6.45, 7) is 1.58. The van der Waals surface area contributed by atoms with Crippen molar-refractivity contribution in [2.45, 2.75) is 24.7 Å². The highest BCUT2D eigenvalue weighted by atomic mass is 32.2. The zero-order valence-corrected chi connectivity index (χ0v) is 19.1. The lowest BCUT2D eigenvalue weighted by Gasteiger charge is -2.20. The number of anilines is 2. The van der Waals surface area contributed by atoms with Gasteiger partial charge in [0.2, 0.25) is 9.84 Å². The number of aliphatic carboxylic acids is 1. The van der Waals surface area contributed by atoms with Gasteiger partial charge in [-0.15, -0.1) is 0 Å². The van der Waals surface area contributed by atoms with E-state index in [1.807, 2.05) is 0 Å². The van der Waals surface area contributed by atoms with E-state index < -0.39 is 33.0 Å². The topological polar surface area (TPSA) is 124 Å². The molecule has 172 valence electrons. The van der Waals surface area contributed by atoms with E-state index in [-0.39, 0.29) is 22.5 Å². The lowest BCUT2D eigenvalue weighted by molar-refractivity contribution is -0.136. The van der Waals surface area contributed by atoms with Crippen LogP contribution < -0.4 is 4.90 Å². The SMILES string of the molecule is CC1=C(CC(=O)O)C2=C(S(=O)(=O)c3ccc(N(C)c4cccc(C#N)c4)nc3)C(F)=CCC2=N1.